The first kappa shape index (κ1) is 18.5. The second-order valence-corrected chi connectivity index (χ2v) is 5.44. The van der Waals surface area contributed by atoms with Gasteiger partial charge in [-0.15, -0.1) is 23.7 Å². The summed E-state index contributed by atoms with van der Waals surface area (Å²) in [6.45, 7) is 1.97. The van der Waals surface area contributed by atoms with Gasteiger partial charge >= 0.3 is 0 Å². The van der Waals surface area contributed by atoms with Gasteiger partial charge in [-0.05, 0) is 25.6 Å². The van der Waals surface area contributed by atoms with E-state index in [1.807, 2.05) is 0 Å². The molecule has 1 aromatic carbocycles. The Morgan fingerprint density at radius 1 is 1.41 bits per heavy atom. The SMILES string of the molecule is CC(NC(=O)c1csc(CCN)n1)c1c(F)cccc1F.Cl. The smallest absolute Gasteiger partial charge is 0.271 e. The molecule has 2 aromatic rings. The fraction of sp³-hybridized carbons (Fsp3) is 0.286. The molecule has 4 nitrogen and oxygen atoms in total. The van der Waals surface area contributed by atoms with Crippen LogP contribution in [0, 0.1) is 11.6 Å². The van der Waals surface area contributed by atoms with Crippen molar-refractivity contribution < 1.29 is 13.6 Å². The first-order chi connectivity index (χ1) is 10.0. The highest BCUT2D eigenvalue weighted by Gasteiger charge is 2.19. The molecule has 0 aliphatic heterocycles. The predicted molar refractivity (Wildman–Crippen MR) is 84.4 cm³/mol. The summed E-state index contributed by atoms with van der Waals surface area (Å²) in [5.41, 5.74) is 5.48. The van der Waals surface area contributed by atoms with Crippen molar-refractivity contribution in [1.82, 2.24) is 10.3 Å². The van der Waals surface area contributed by atoms with Crippen molar-refractivity contribution in [3.05, 3.63) is 51.5 Å². The van der Waals surface area contributed by atoms with E-state index < -0.39 is 23.6 Å². The van der Waals surface area contributed by atoms with Crippen molar-refractivity contribution in [2.45, 2.75) is 19.4 Å². The number of thiazole rings is 1. The van der Waals surface area contributed by atoms with Crippen LogP contribution in [-0.4, -0.2) is 17.4 Å². The molecule has 0 spiro atoms. The lowest BCUT2D eigenvalue weighted by Gasteiger charge is -2.15. The summed E-state index contributed by atoms with van der Waals surface area (Å²) >= 11 is 1.33. The van der Waals surface area contributed by atoms with Crippen LogP contribution in [0.15, 0.2) is 23.6 Å². The maximum Gasteiger partial charge on any atom is 0.271 e. The van der Waals surface area contributed by atoms with Gasteiger partial charge in [0.25, 0.3) is 5.91 Å². The van der Waals surface area contributed by atoms with Crippen molar-refractivity contribution in [2.75, 3.05) is 6.54 Å². The van der Waals surface area contributed by atoms with Crippen LogP contribution in [0.5, 0.6) is 0 Å². The van der Waals surface area contributed by atoms with E-state index >= 15 is 0 Å². The number of hydrogen-bond acceptors (Lipinski definition) is 4. The van der Waals surface area contributed by atoms with E-state index in [1.54, 1.807) is 5.38 Å². The second kappa shape index (κ2) is 8.17. The van der Waals surface area contributed by atoms with Crippen LogP contribution in [0.1, 0.15) is 34.0 Å². The third kappa shape index (κ3) is 4.22. The number of aromatic nitrogens is 1. The maximum absolute atomic E-state index is 13.6. The van der Waals surface area contributed by atoms with E-state index in [-0.39, 0.29) is 23.7 Å². The maximum atomic E-state index is 13.6. The molecule has 0 radical (unpaired) electrons. The number of nitrogens with two attached hydrogens (primary N) is 1. The molecule has 1 unspecified atom stereocenters. The molecule has 0 fully saturated rings. The van der Waals surface area contributed by atoms with Crippen molar-refractivity contribution >= 4 is 29.7 Å². The van der Waals surface area contributed by atoms with Crippen LogP contribution >= 0.6 is 23.7 Å². The summed E-state index contributed by atoms with van der Waals surface area (Å²) in [6, 6.07) is 2.80. The fourth-order valence-electron chi connectivity index (χ4n) is 1.92. The third-order valence-electron chi connectivity index (χ3n) is 2.92. The lowest BCUT2D eigenvalue weighted by molar-refractivity contribution is 0.0934. The van der Waals surface area contributed by atoms with Crippen molar-refractivity contribution in [1.29, 1.82) is 0 Å². The Hall–Kier alpha value is -1.57. The van der Waals surface area contributed by atoms with Crippen LogP contribution in [0.25, 0.3) is 0 Å². The first-order valence-corrected chi connectivity index (χ1v) is 7.30. The highest BCUT2D eigenvalue weighted by atomic mass is 35.5. The zero-order valence-electron chi connectivity index (χ0n) is 11.8. The molecule has 0 saturated heterocycles. The lowest BCUT2D eigenvalue weighted by Crippen LogP contribution is -2.28. The van der Waals surface area contributed by atoms with Gasteiger partial charge in [-0.3, -0.25) is 4.79 Å². The number of rotatable bonds is 5. The molecule has 1 amide bonds. The van der Waals surface area contributed by atoms with Gasteiger partial charge in [-0.2, -0.15) is 0 Å². The van der Waals surface area contributed by atoms with Gasteiger partial charge in [0.2, 0.25) is 0 Å². The first-order valence-electron chi connectivity index (χ1n) is 6.42. The molecular weight excluding hydrogens is 332 g/mol. The van der Waals surface area contributed by atoms with E-state index in [2.05, 4.69) is 10.3 Å². The van der Waals surface area contributed by atoms with Crippen LogP contribution in [0.3, 0.4) is 0 Å². The van der Waals surface area contributed by atoms with E-state index in [0.717, 1.165) is 17.1 Å². The Kier molecular flexibility index (Phi) is 6.86. The summed E-state index contributed by atoms with van der Waals surface area (Å²) < 4.78 is 27.3. The average molecular weight is 348 g/mol. The molecule has 1 atom stereocenters. The third-order valence-corrected chi connectivity index (χ3v) is 3.83. The van der Waals surface area contributed by atoms with Crippen molar-refractivity contribution in [3.63, 3.8) is 0 Å². The van der Waals surface area contributed by atoms with E-state index in [0.29, 0.717) is 13.0 Å². The van der Waals surface area contributed by atoms with Crippen LogP contribution in [0.4, 0.5) is 8.78 Å². The molecule has 0 bridgehead atoms. The number of benzene rings is 1. The van der Waals surface area contributed by atoms with E-state index in [9.17, 15) is 13.6 Å². The number of amides is 1. The van der Waals surface area contributed by atoms with Gasteiger partial charge in [0.15, 0.2) is 0 Å². The number of hydrogen-bond donors (Lipinski definition) is 2. The minimum atomic E-state index is -0.793. The summed E-state index contributed by atoms with van der Waals surface area (Å²) in [7, 11) is 0. The van der Waals surface area contributed by atoms with E-state index in [4.69, 9.17) is 5.73 Å². The summed E-state index contributed by atoms with van der Waals surface area (Å²) in [5, 5.41) is 4.90. The molecule has 8 heteroatoms. The minimum Gasteiger partial charge on any atom is -0.344 e. The molecule has 1 aromatic heterocycles. The van der Waals surface area contributed by atoms with Crippen molar-refractivity contribution in [2.24, 2.45) is 5.73 Å². The van der Waals surface area contributed by atoms with Crippen LogP contribution in [0.2, 0.25) is 0 Å². The Morgan fingerprint density at radius 2 is 2.05 bits per heavy atom. The lowest BCUT2D eigenvalue weighted by atomic mass is 10.1. The molecule has 0 saturated carbocycles. The molecule has 1 heterocycles. The van der Waals surface area contributed by atoms with Crippen molar-refractivity contribution in [3.8, 4) is 0 Å². The van der Waals surface area contributed by atoms with Gasteiger partial charge in [-0.25, -0.2) is 13.8 Å². The van der Waals surface area contributed by atoms with Gasteiger partial charge in [0.1, 0.15) is 17.3 Å². The zero-order valence-corrected chi connectivity index (χ0v) is 13.4. The Labute approximate surface area is 137 Å². The molecule has 22 heavy (non-hydrogen) atoms. The number of carbonyl (C=O) groups is 1. The Bertz CT molecular complexity index is 631. The summed E-state index contributed by atoms with van der Waals surface area (Å²) in [6.07, 6.45) is 0.593. The van der Waals surface area contributed by atoms with Gasteiger partial charge < -0.3 is 11.1 Å². The molecular formula is C14H16ClF2N3OS. The molecule has 0 aliphatic carbocycles. The normalized spacial score (nSPS) is 11.6. The summed E-state index contributed by atoms with van der Waals surface area (Å²) in [4.78, 5) is 16.2. The molecule has 120 valence electrons. The minimum absolute atomic E-state index is 0. The number of halogens is 3. The molecule has 3 N–H and O–H groups in total. The van der Waals surface area contributed by atoms with Crippen LogP contribution in [-0.2, 0) is 6.42 Å². The fourth-order valence-corrected chi connectivity index (χ4v) is 2.71. The van der Waals surface area contributed by atoms with Gasteiger partial charge in [-0.1, -0.05) is 6.07 Å². The number of nitrogens with one attached hydrogen (secondary N) is 1. The number of nitrogens with zero attached hydrogens (tertiary/aromatic N) is 1. The standard InChI is InChI=1S/C14H15F2N3OS.ClH/c1-8(13-9(15)3-2-4-10(13)16)18-14(20)11-7-21-12(19-11)5-6-17;/h2-4,7-8H,5-6,17H2,1H3,(H,18,20);1H. The summed E-state index contributed by atoms with van der Waals surface area (Å²) in [5.74, 6) is -1.85. The second-order valence-electron chi connectivity index (χ2n) is 4.50. The van der Waals surface area contributed by atoms with E-state index in [1.165, 1.54) is 24.3 Å². The van der Waals surface area contributed by atoms with Gasteiger partial charge in [0.05, 0.1) is 11.0 Å². The van der Waals surface area contributed by atoms with Gasteiger partial charge in [0, 0.05) is 17.4 Å². The Morgan fingerprint density at radius 3 is 2.64 bits per heavy atom. The quantitative estimate of drug-likeness (QED) is 0.874. The van der Waals surface area contributed by atoms with Crippen LogP contribution < -0.4 is 11.1 Å². The topological polar surface area (TPSA) is 68.0 Å². The predicted octanol–water partition coefficient (Wildman–Crippen LogP) is 2.84. The molecule has 0 aliphatic rings. The number of carbonyl (C=O) groups excluding carboxylic acids is 1. The Balaban J connectivity index is 0.00000242. The molecule has 2 rings (SSSR count). The zero-order chi connectivity index (χ0) is 15.4. The highest BCUT2D eigenvalue weighted by molar-refractivity contribution is 7.09. The largest absolute Gasteiger partial charge is 0.344 e. The highest BCUT2D eigenvalue weighted by Crippen LogP contribution is 2.21. The monoisotopic (exact) mass is 347 g/mol. The average Bonchev–Trinajstić information content (AvgIpc) is 2.87.